The van der Waals surface area contributed by atoms with Gasteiger partial charge in [0, 0.05) is 37.3 Å². The molecule has 0 saturated heterocycles. The number of rotatable bonds is 6. The molecule has 0 aliphatic carbocycles. The van der Waals surface area contributed by atoms with Crippen molar-refractivity contribution in [3.05, 3.63) is 34.4 Å². The lowest BCUT2D eigenvalue weighted by atomic mass is 10.2. The predicted molar refractivity (Wildman–Crippen MR) is 74.3 cm³/mol. The number of carbonyl (C=O) groups excluding carboxylic acids is 1. The third kappa shape index (κ3) is 4.33. The molecule has 0 fully saturated rings. The molecule has 0 aliphatic heterocycles. The number of likely N-dealkylation sites (N-methyl/N-ethyl adjacent to an activating group) is 1. The van der Waals surface area contributed by atoms with Gasteiger partial charge in [-0.15, -0.1) is 0 Å². The summed E-state index contributed by atoms with van der Waals surface area (Å²) in [7, 11) is 3.87. The van der Waals surface area contributed by atoms with Gasteiger partial charge in [0.05, 0.1) is 4.92 Å². The Labute approximate surface area is 112 Å². The van der Waals surface area contributed by atoms with Crippen LogP contribution >= 0.6 is 0 Å². The molecule has 1 aromatic rings. The Morgan fingerprint density at radius 2 is 1.79 bits per heavy atom. The van der Waals surface area contributed by atoms with Crippen molar-refractivity contribution in [3.63, 3.8) is 0 Å². The van der Waals surface area contributed by atoms with Crippen LogP contribution in [0.1, 0.15) is 13.3 Å². The molecule has 6 nitrogen and oxygen atoms in total. The number of hydrogen-bond donors (Lipinski definition) is 0. The van der Waals surface area contributed by atoms with Crippen molar-refractivity contribution >= 4 is 17.3 Å². The number of nitro benzene ring substituents is 1. The molecule has 0 N–H and O–H groups in total. The van der Waals surface area contributed by atoms with Gasteiger partial charge in [0.25, 0.3) is 5.69 Å². The molecule has 0 bridgehead atoms. The Morgan fingerprint density at radius 3 is 2.21 bits per heavy atom. The highest BCUT2D eigenvalue weighted by molar-refractivity contribution is 5.93. The van der Waals surface area contributed by atoms with Crippen LogP contribution in [0.25, 0.3) is 0 Å². The zero-order valence-electron chi connectivity index (χ0n) is 11.5. The van der Waals surface area contributed by atoms with E-state index in [9.17, 15) is 14.9 Å². The Morgan fingerprint density at radius 1 is 1.21 bits per heavy atom. The molecule has 0 unspecified atom stereocenters. The summed E-state index contributed by atoms with van der Waals surface area (Å²) in [5, 5.41) is 10.6. The molecule has 0 heterocycles. The smallest absolute Gasteiger partial charge is 0.269 e. The van der Waals surface area contributed by atoms with Crippen LogP contribution in [0.15, 0.2) is 24.3 Å². The van der Waals surface area contributed by atoms with Crippen molar-refractivity contribution in [2.45, 2.75) is 13.3 Å². The molecular weight excluding hydrogens is 246 g/mol. The predicted octanol–water partition coefficient (Wildman–Crippen LogP) is 1.90. The summed E-state index contributed by atoms with van der Waals surface area (Å²) in [6.07, 6.45) is 0.407. The number of hydrogen-bond acceptors (Lipinski definition) is 4. The first-order valence-corrected chi connectivity index (χ1v) is 6.15. The van der Waals surface area contributed by atoms with Crippen LogP contribution in [0.2, 0.25) is 0 Å². The van der Waals surface area contributed by atoms with Crippen molar-refractivity contribution in [2.75, 3.05) is 32.1 Å². The molecular formula is C13H19N3O3. The van der Waals surface area contributed by atoms with Gasteiger partial charge in [-0.1, -0.05) is 6.92 Å². The van der Waals surface area contributed by atoms with Gasteiger partial charge in [0.1, 0.15) is 0 Å². The maximum Gasteiger partial charge on any atom is 0.269 e. The second kappa shape index (κ2) is 6.84. The number of non-ortho nitro benzene ring substituents is 1. The minimum Gasteiger partial charge on any atom is -0.311 e. The van der Waals surface area contributed by atoms with Crippen LogP contribution in [-0.4, -0.2) is 42.9 Å². The summed E-state index contributed by atoms with van der Waals surface area (Å²) >= 11 is 0. The third-order valence-electron chi connectivity index (χ3n) is 2.75. The highest BCUT2D eigenvalue weighted by atomic mass is 16.6. The molecule has 6 heteroatoms. The summed E-state index contributed by atoms with van der Waals surface area (Å²) in [6.45, 7) is 3.11. The van der Waals surface area contributed by atoms with Crippen molar-refractivity contribution in [3.8, 4) is 0 Å². The zero-order chi connectivity index (χ0) is 14.4. The van der Waals surface area contributed by atoms with E-state index in [1.807, 2.05) is 19.0 Å². The maximum absolute atomic E-state index is 11.9. The van der Waals surface area contributed by atoms with Gasteiger partial charge in [-0.2, -0.15) is 0 Å². The van der Waals surface area contributed by atoms with Crippen LogP contribution in [-0.2, 0) is 4.79 Å². The molecule has 1 amide bonds. The van der Waals surface area contributed by atoms with E-state index in [4.69, 9.17) is 0 Å². The largest absolute Gasteiger partial charge is 0.311 e. The molecule has 1 rings (SSSR count). The van der Waals surface area contributed by atoms with Crippen LogP contribution in [0, 0.1) is 10.1 Å². The first-order valence-electron chi connectivity index (χ1n) is 6.15. The van der Waals surface area contributed by atoms with Gasteiger partial charge < -0.3 is 9.80 Å². The van der Waals surface area contributed by atoms with Gasteiger partial charge in [0.15, 0.2) is 0 Å². The second-order valence-electron chi connectivity index (χ2n) is 4.48. The van der Waals surface area contributed by atoms with Crippen LogP contribution in [0.5, 0.6) is 0 Å². The van der Waals surface area contributed by atoms with Gasteiger partial charge in [0.2, 0.25) is 5.91 Å². The van der Waals surface area contributed by atoms with E-state index in [1.165, 1.54) is 12.1 Å². The summed E-state index contributed by atoms with van der Waals surface area (Å²) < 4.78 is 0. The minimum absolute atomic E-state index is 0.00991. The number of benzene rings is 1. The standard InChI is InChI=1S/C13H19N3O3/c1-4-13(17)15(10-9-14(2)3)11-5-7-12(8-6-11)16(18)19/h5-8H,4,9-10H2,1-3H3. The average molecular weight is 265 g/mol. The first-order chi connectivity index (χ1) is 8.95. The van der Waals surface area contributed by atoms with E-state index >= 15 is 0 Å². The minimum atomic E-state index is -0.449. The molecule has 0 aromatic heterocycles. The highest BCUT2D eigenvalue weighted by Gasteiger charge is 2.15. The van der Waals surface area contributed by atoms with Crippen molar-refractivity contribution in [1.82, 2.24) is 4.90 Å². The molecule has 1 aromatic carbocycles. The van der Waals surface area contributed by atoms with Gasteiger partial charge >= 0.3 is 0 Å². The van der Waals surface area contributed by atoms with Crippen molar-refractivity contribution < 1.29 is 9.72 Å². The molecule has 0 aliphatic rings. The lowest BCUT2D eigenvalue weighted by Crippen LogP contribution is -2.36. The topological polar surface area (TPSA) is 66.7 Å². The molecule has 19 heavy (non-hydrogen) atoms. The van der Waals surface area contributed by atoms with E-state index in [0.717, 1.165) is 6.54 Å². The van der Waals surface area contributed by atoms with Crippen molar-refractivity contribution in [2.24, 2.45) is 0 Å². The molecule has 0 saturated carbocycles. The van der Waals surface area contributed by atoms with Crippen LogP contribution in [0.3, 0.4) is 0 Å². The van der Waals surface area contributed by atoms with E-state index in [-0.39, 0.29) is 11.6 Å². The molecule has 104 valence electrons. The van der Waals surface area contributed by atoms with Crippen LogP contribution < -0.4 is 4.90 Å². The Bertz CT molecular complexity index is 443. The first kappa shape index (κ1) is 15.1. The lowest BCUT2D eigenvalue weighted by Gasteiger charge is -2.24. The highest BCUT2D eigenvalue weighted by Crippen LogP contribution is 2.20. The second-order valence-corrected chi connectivity index (χ2v) is 4.48. The van der Waals surface area contributed by atoms with Crippen LogP contribution in [0.4, 0.5) is 11.4 Å². The zero-order valence-corrected chi connectivity index (χ0v) is 11.5. The fourth-order valence-corrected chi connectivity index (χ4v) is 1.64. The summed E-state index contributed by atoms with van der Waals surface area (Å²) in [5.74, 6) is 0.00991. The third-order valence-corrected chi connectivity index (χ3v) is 2.75. The normalized spacial score (nSPS) is 10.5. The fourth-order valence-electron chi connectivity index (χ4n) is 1.64. The van der Waals surface area contributed by atoms with E-state index in [0.29, 0.717) is 18.7 Å². The quantitative estimate of drug-likeness (QED) is 0.582. The Kier molecular flexibility index (Phi) is 5.44. The number of nitrogens with zero attached hydrogens (tertiary/aromatic N) is 3. The average Bonchev–Trinajstić information content (AvgIpc) is 2.38. The fraction of sp³-hybridized carbons (Fsp3) is 0.462. The lowest BCUT2D eigenvalue weighted by molar-refractivity contribution is -0.384. The number of anilines is 1. The number of nitro groups is 1. The summed E-state index contributed by atoms with van der Waals surface area (Å²) in [5.41, 5.74) is 0.722. The molecule has 0 atom stereocenters. The maximum atomic E-state index is 11.9. The van der Waals surface area contributed by atoms with Gasteiger partial charge in [-0.05, 0) is 26.2 Å². The summed E-state index contributed by atoms with van der Waals surface area (Å²) in [4.78, 5) is 25.7. The van der Waals surface area contributed by atoms with Crippen molar-refractivity contribution in [1.29, 1.82) is 0 Å². The van der Waals surface area contributed by atoms with E-state index in [1.54, 1.807) is 24.0 Å². The number of carbonyl (C=O) groups is 1. The molecule has 0 spiro atoms. The Balaban J connectivity index is 2.90. The van der Waals surface area contributed by atoms with E-state index in [2.05, 4.69) is 0 Å². The molecule has 0 radical (unpaired) electrons. The number of amides is 1. The SMILES string of the molecule is CCC(=O)N(CCN(C)C)c1ccc([N+](=O)[O-])cc1. The Hall–Kier alpha value is -1.95. The summed E-state index contributed by atoms with van der Waals surface area (Å²) in [6, 6.07) is 6.06. The van der Waals surface area contributed by atoms with Gasteiger partial charge in [-0.25, -0.2) is 0 Å². The monoisotopic (exact) mass is 265 g/mol. The van der Waals surface area contributed by atoms with Gasteiger partial charge in [-0.3, -0.25) is 14.9 Å². The van der Waals surface area contributed by atoms with E-state index < -0.39 is 4.92 Å².